The third-order valence-corrected chi connectivity index (χ3v) is 5.77. The summed E-state index contributed by atoms with van der Waals surface area (Å²) in [5.74, 6) is -0.556. The zero-order valence-corrected chi connectivity index (χ0v) is 16.5. The standard InChI is InChI=1S/C23H25N3O3/c1-2-23(18-11-7-4-8-12-18)21(28)26(22(29)24-23)16-20(27)25(19-13-14-19)15-17-9-5-3-6-10-17/h3-12,19H,2,13-16H2,1H3,(H,24,29). The van der Waals surface area contributed by atoms with E-state index in [-0.39, 0.29) is 24.4 Å². The van der Waals surface area contributed by atoms with Crippen molar-refractivity contribution in [2.75, 3.05) is 6.54 Å². The van der Waals surface area contributed by atoms with E-state index in [4.69, 9.17) is 0 Å². The third kappa shape index (κ3) is 3.62. The minimum atomic E-state index is -1.11. The molecule has 1 N–H and O–H groups in total. The van der Waals surface area contributed by atoms with Gasteiger partial charge in [0.25, 0.3) is 5.91 Å². The van der Waals surface area contributed by atoms with Gasteiger partial charge in [-0.05, 0) is 30.4 Å². The lowest BCUT2D eigenvalue weighted by atomic mass is 9.87. The molecule has 0 radical (unpaired) electrons. The molecule has 2 aliphatic rings. The van der Waals surface area contributed by atoms with Gasteiger partial charge < -0.3 is 10.2 Å². The Balaban J connectivity index is 1.53. The molecule has 1 aliphatic carbocycles. The molecule has 6 nitrogen and oxygen atoms in total. The molecule has 1 unspecified atom stereocenters. The number of hydrogen-bond acceptors (Lipinski definition) is 3. The van der Waals surface area contributed by atoms with Crippen molar-refractivity contribution in [2.24, 2.45) is 0 Å². The van der Waals surface area contributed by atoms with Crippen molar-refractivity contribution in [1.29, 1.82) is 0 Å². The summed E-state index contributed by atoms with van der Waals surface area (Å²) in [6.07, 6.45) is 2.34. The highest BCUT2D eigenvalue weighted by atomic mass is 16.2. The van der Waals surface area contributed by atoms with Crippen molar-refractivity contribution in [3.8, 4) is 0 Å². The largest absolute Gasteiger partial charge is 0.334 e. The first-order valence-electron chi connectivity index (χ1n) is 10.1. The number of imide groups is 1. The minimum absolute atomic E-state index is 0.188. The van der Waals surface area contributed by atoms with Gasteiger partial charge in [0.05, 0.1) is 0 Å². The SMILES string of the molecule is CCC1(c2ccccc2)NC(=O)N(CC(=O)N(Cc2ccccc2)C2CC2)C1=O. The van der Waals surface area contributed by atoms with Gasteiger partial charge in [0, 0.05) is 12.6 Å². The smallest absolute Gasteiger partial charge is 0.325 e. The molecule has 4 rings (SSSR count). The average Bonchev–Trinajstić information content (AvgIpc) is 3.56. The highest BCUT2D eigenvalue weighted by molar-refractivity contribution is 6.09. The summed E-state index contributed by atoms with van der Waals surface area (Å²) in [5.41, 5.74) is 0.666. The molecule has 1 aliphatic heterocycles. The predicted octanol–water partition coefficient (Wildman–Crippen LogP) is 3.03. The average molecular weight is 391 g/mol. The molecule has 4 amide bonds. The number of carbonyl (C=O) groups is 3. The number of amides is 4. The summed E-state index contributed by atoms with van der Waals surface area (Å²) in [4.78, 5) is 41.8. The molecule has 150 valence electrons. The Hall–Kier alpha value is -3.15. The normalized spacial score (nSPS) is 21.2. The van der Waals surface area contributed by atoms with Crippen LogP contribution in [0.25, 0.3) is 0 Å². The minimum Gasteiger partial charge on any atom is -0.334 e. The first kappa shape index (κ1) is 19.2. The lowest BCUT2D eigenvalue weighted by Crippen LogP contribution is -2.46. The summed E-state index contributed by atoms with van der Waals surface area (Å²) < 4.78 is 0. The summed E-state index contributed by atoms with van der Waals surface area (Å²) in [5, 5.41) is 2.84. The van der Waals surface area contributed by atoms with E-state index >= 15 is 0 Å². The number of carbonyl (C=O) groups excluding carboxylic acids is 3. The van der Waals surface area contributed by atoms with Crippen LogP contribution in [0.3, 0.4) is 0 Å². The second kappa shape index (κ2) is 7.70. The van der Waals surface area contributed by atoms with Gasteiger partial charge in [-0.2, -0.15) is 0 Å². The summed E-state index contributed by atoms with van der Waals surface area (Å²) in [6, 6.07) is 18.7. The van der Waals surface area contributed by atoms with Crippen molar-refractivity contribution in [1.82, 2.24) is 15.1 Å². The summed E-state index contributed by atoms with van der Waals surface area (Å²) >= 11 is 0. The van der Waals surface area contributed by atoms with Crippen LogP contribution in [0, 0.1) is 0 Å². The van der Waals surface area contributed by atoms with Crippen molar-refractivity contribution < 1.29 is 14.4 Å². The first-order chi connectivity index (χ1) is 14.0. The molecule has 2 aromatic rings. The molecular formula is C23H25N3O3. The number of urea groups is 1. The Labute approximate surface area is 170 Å². The molecule has 0 bridgehead atoms. The molecule has 1 heterocycles. The zero-order valence-electron chi connectivity index (χ0n) is 16.5. The fraction of sp³-hybridized carbons (Fsp3) is 0.348. The monoisotopic (exact) mass is 391 g/mol. The maximum atomic E-state index is 13.2. The molecule has 2 fully saturated rings. The number of rotatable bonds is 7. The van der Waals surface area contributed by atoms with E-state index in [1.54, 1.807) is 4.90 Å². The van der Waals surface area contributed by atoms with Gasteiger partial charge in [0.2, 0.25) is 5.91 Å². The van der Waals surface area contributed by atoms with Crippen molar-refractivity contribution in [3.05, 3.63) is 71.8 Å². The zero-order chi connectivity index (χ0) is 20.4. The van der Waals surface area contributed by atoms with E-state index in [2.05, 4.69) is 5.32 Å². The maximum absolute atomic E-state index is 13.2. The van der Waals surface area contributed by atoms with Crippen molar-refractivity contribution in [3.63, 3.8) is 0 Å². The van der Waals surface area contributed by atoms with Crippen LogP contribution < -0.4 is 5.32 Å². The molecule has 1 saturated carbocycles. The lowest BCUT2D eigenvalue weighted by molar-refractivity contribution is -0.140. The number of nitrogens with one attached hydrogen (secondary N) is 1. The second-order valence-corrected chi connectivity index (χ2v) is 7.68. The molecule has 2 aromatic carbocycles. The summed E-state index contributed by atoms with van der Waals surface area (Å²) in [6.45, 7) is 2.12. The Bertz CT molecular complexity index is 911. The van der Waals surface area contributed by atoms with Gasteiger partial charge in [-0.25, -0.2) is 4.79 Å². The molecule has 1 atom stereocenters. The van der Waals surface area contributed by atoms with Gasteiger partial charge in [0.15, 0.2) is 0 Å². The molecule has 1 saturated heterocycles. The van der Waals surface area contributed by atoms with Gasteiger partial charge >= 0.3 is 6.03 Å². The van der Waals surface area contributed by atoms with E-state index in [0.29, 0.717) is 13.0 Å². The van der Waals surface area contributed by atoms with Crippen LogP contribution in [0.5, 0.6) is 0 Å². The highest BCUT2D eigenvalue weighted by Gasteiger charge is 2.52. The van der Waals surface area contributed by atoms with Gasteiger partial charge in [-0.1, -0.05) is 67.6 Å². The molecule has 6 heteroatoms. The molecular weight excluding hydrogens is 366 g/mol. The van der Waals surface area contributed by atoms with Gasteiger partial charge in [-0.3, -0.25) is 14.5 Å². The molecule has 0 spiro atoms. The maximum Gasteiger partial charge on any atom is 0.325 e. The third-order valence-electron chi connectivity index (χ3n) is 5.77. The number of hydrogen-bond donors (Lipinski definition) is 1. The number of nitrogens with zero attached hydrogens (tertiary/aromatic N) is 2. The Morgan fingerprint density at radius 3 is 2.28 bits per heavy atom. The number of benzene rings is 2. The van der Waals surface area contributed by atoms with E-state index < -0.39 is 11.6 Å². The van der Waals surface area contributed by atoms with E-state index in [1.165, 1.54) is 0 Å². The first-order valence-corrected chi connectivity index (χ1v) is 10.1. The van der Waals surface area contributed by atoms with Crippen LogP contribution in [-0.2, 0) is 21.7 Å². The highest BCUT2D eigenvalue weighted by Crippen LogP contribution is 2.33. The van der Waals surface area contributed by atoms with Crippen molar-refractivity contribution in [2.45, 2.75) is 44.3 Å². The van der Waals surface area contributed by atoms with Crippen LogP contribution >= 0.6 is 0 Å². The van der Waals surface area contributed by atoms with Crippen LogP contribution in [-0.4, -0.2) is 40.2 Å². The lowest BCUT2D eigenvalue weighted by Gasteiger charge is -2.27. The Kier molecular flexibility index (Phi) is 5.09. The van der Waals surface area contributed by atoms with Crippen LogP contribution in [0.15, 0.2) is 60.7 Å². The second-order valence-electron chi connectivity index (χ2n) is 7.68. The van der Waals surface area contributed by atoms with Crippen molar-refractivity contribution >= 4 is 17.8 Å². The Morgan fingerprint density at radius 1 is 1.07 bits per heavy atom. The topological polar surface area (TPSA) is 69.7 Å². The van der Waals surface area contributed by atoms with Gasteiger partial charge in [0.1, 0.15) is 12.1 Å². The van der Waals surface area contributed by atoms with Gasteiger partial charge in [-0.15, -0.1) is 0 Å². The van der Waals surface area contributed by atoms with Crippen LogP contribution in [0.2, 0.25) is 0 Å². The Morgan fingerprint density at radius 2 is 1.69 bits per heavy atom. The predicted molar refractivity (Wildman–Crippen MR) is 109 cm³/mol. The van der Waals surface area contributed by atoms with E-state index in [0.717, 1.165) is 28.9 Å². The van der Waals surface area contributed by atoms with E-state index in [9.17, 15) is 14.4 Å². The quantitative estimate of drug-likeness (QED) is 0.738. The molecule has 29 heavy (non-hydrogen) atoms. The fourth-order valence-corrected chi connectivity index (χ4v) is 3.95. The van der Waals surface area contributed by atoms with E-state index in [1.807, 2.05) is 67.6 Å². The van der Waals surface area contributed by atoms with Crippen LogP contribution in [0.1, 0.15) is 37.3 Å². The summed E-state index contributed by atoms with van der Waals surface area (Å²) in [7, 11) is 0. The molecule has 0 aromatic heterocycles. The van der Waals surface area contributed by atoms with Crippen LogP contribution in [0.4, 0.5) is 4.79 Å². The fourth-order valence-electron chi connectivity index (χ4n) is 3.95.